The molecule has 0 fully saturated rings. The molecular weight excluding hydrogens is 615 g/mol. The predicted molar refractivity (Wildman–Crippen MR) is 198 cm³/mol. The van der Waals surface area contributed by atoms with Gasteiger partial charge in [0.25, 0.3) is 0 Å². The van der Waals surface area contributed by atoms with Crippen LogP contribution in [0.15, 0.2) is 127 Å². The average Bonchev–Trinajstić information content (AvgIpc) is 3.53. The maximum absolute atomic E-state index is 6.77. The van der Waals surface area contributed by atoms with Crippen LogP contribution in [0.25, 0.3) is 56.4 Å². The van der Waals surface area contributed by atoms with Gasteiger partial charge in [-0.25, -0.2) is 15.0 Å². The number of benzene rings is 6. The lowest BCUT2D eigenvalue weighted by Gasteiger charge is -2.26. The lowest BCUT2D eigenvalue weighted by Crippen LogP contribution is -2.15. The standard InChI is InChI=1S/C45H33N3O2/c1-44(2)33-19-11-9-16-30(33)38-34(44)23-24-37-40(38)50-36-20-12-17-31(39(36)49-37)43-47-41(26-13-6-5-7-14-26)46-42(48-43)27-21-22-29-28-15-8-10-18-32(28)45(3,4)35(29)25-27/h5-25H,1-4H3. The van der Waals surface area contributed by atoms with Gasteiger partial charge in [-0.05, 0) is 63.2 Å². The zero-order chi connectivity index (χ0) is 33.8. The second kappa shape index (κ2) is 10.2. The minimum atomic E-state index is -0.146. The summed E-state index contributed by atoms with van der Waals surface area (Å²) in [7, 11) is 0. The number of ether oxygens (including phenoxy) is 2. The third-order valence-corrected chi connectivity index (χ3v) is 10.8. The summed E-state index contributed by atoms with van der Waals surface area (Å²) < 4.78 is 13.5. The van der Waals surface area contributed by atoms with E-state index in [4.69, 9.17) is 24.4 Å². The van der Waals surface area contributed by atoms with E-state index < -0.39 is 0 Å². The van der Waals surface area contributed by atoms with Crippen molar-refractivity contribution in [2.75, 3.05) is 0 Å². The molecule has 0 bridgehead atoms. The Kier molecular flexibility index (Phi) is 5.91. The van der Waals surface area contributed by atoms with E-state index in [1.165, 1.54) is 38.9 Å². The summed E-state index contributed by atoms with van der Waals surface area (Å²) in [5.74, 6) is 4.36. The molecule has 2 heterocycles. The molecule has 0 atom stereocenters. The molecule has 50 heavy (non-hydrogen) atoms. The molecule has 1 aliphatic heterocycles. The summed E-state index contributed by atoms with van der Waals surface area (Å²) in [6.07, 6.45) is 0. The van der Waals surface area contributed by atoms with Crippen LogP contribution in [0.2, 0.25) is 0 Å². The number of fused-ring (bicyclic) bond motifs is 9. The summed E-state index contributed by atoms with van der Waals surface area (Å²) in [5, 5.41) is 0. The van der Waals surface area contributed by atoms with Crippen LogP contribution >= 0.6 is 0 Å². The number of hydrogen-bond acceptors (Lipinski definition) is 5. The Morgan fingerprint density at radius 2 is 0.980 bits per heavy atom. The molecule has 0 N–H and O–H groups in total. The first-order valence-electron chi connectivity index (χ1n) is 17.1. The zero-order valence-electron chi connectivity index (χ0n) is 28.3. The van der Waals surface area contributed by atoms with Gasteiger partial charge < -0.3 is 9.47 Å². The molecular formula is C45H33N3O2. The molecule has 0 unspecified atom stereocenters. The minimum absolute atomic E-state index is 0.142. The Morgan fingerprint density at radius 1 is 0.400 bits per heavy atom. The lowest BCUT2D eigenvalue weighted by molar-refractivity contribution is 0.361. The second-order valence-corrected chi connectivity index (χ2v) is 14.4. The first-order valence-corrected chi connectivity index (χ1v) is 17.1. The van der Waals surface area contributed by atoms with E-state index in [9.17, 15) is 0 Å². The van der Waals surface area contributed by atoms with E-state index >= 15 is 0 Å². The molecule has 5 nitrogen and oxygen atoms in total. The van der Waals surface area contributed by atoms with E-state index in [2.05, 4.69) is 100 Å². The van der Waals surface area contributed by atoms with E-state index in [1.54, 1.807) is 0 Å². The first-order chi connectivity index (χ1) is 24.3. The van der Waals surface area contributed by atoms with E-state index in [0.29, 0.717) is 34.7 Å². The van der Waals surface area contributed by atoms with E-state index in [1.807, 2.05) is 54.6 Å². The molecule has 10 rings (SSSR count). The van der Waals surface area contributed by atoms with Crippen molar-refractivity contribution in [3.8, 4) is 79.4 Å². The van der Waals surface area contributed by atoms with Crippen LogP contribution in [0.4, 0.5) is 0 Å². The number of aromatic nitrogens is 3. The van der Waals surface area contributed by atoms with Gasteiger partial charge in [0.15, 0.2) is 40.5 Å². The Morgan fingerprint density at radius 3 is 1.78 bits per heavy atom. The quantitative estimate of drug-likeness (QED) is 0.191. The monoisotopic (exact) mass is 647 g/mol. The van der Waals surface area contributed by atoms with Gasteiger partial charge in [-0.1, -0.05) is 131 Å². The molecule has 3 aliphatic rings. The van der Waals surface area contributed by atoms with Gasteiger partial charge in [0.1, 0.15) is 0 Å². The van der Waals surface area contributed by atoms with Crippen LogP contribution in [0, 0.1) is 0 Å². The number of para-hydroxylation sites is 1. The highest BCUT2D eigenvalue weighted by Gasteiger charge is 2.40. The van der Waals surface area contributed by atoms with Crippen LogP contribution in [0.5, 0.6) is 23.0 Å². The maximum Gasteiger partial charge on any atom is 0.181 e. The van der Waals surface area contributed by atoms with Crippen molar-refractivity contribution in [1.82, 2.24) is 15.0 Å². The number of nitrogens with zero attached hydrogens (tertiary/aromatic N) is 3. The van der Waals surface area contributed by atoms with Gasteiger partial charge in [0.2, 0.25) is 0 Å². The fourth-order valence-corrected chi connectivity index (χ4v) is 8.21. The summed E-state index contributed by atoms with van der Waals surface area (Å²) in [6, 6.07) is 44.0. The summed E-state index contributed by atoms with van der Waals surface area (Å²) >= 11 is 0. The molecule has 1 aromatic heterocycles. The highest BCUT2D eigenvalue weighted by molar-refractivity contribution is 5.89. The first kappa shape index (κ1) is 28.9. The summed E-state index contributed by atoms with van der Waals surface area (Å²) in [5.41, 5.74) is 12.2. The summed E-state index contributed by atoms with van der Waals surface area (Å²) in [4.78, 5) is 15.2. The maximum atomic E-state index is 6.77. The molecule has 5 heteroatoms. The highest BCUT2D eigenvalue weighted by Crippen LogP contribution is 2.59. The minimum Gasteiger partial charge on any atom is -0.449 e. The van der Waals surface area contributed by atoms with Crippen LogP contribution in [0.1, 0.15) is 49.9 Å². The van der Waals surface area contributed by atoms with Crippen LogP contribution in [-0.4, -0.2) is 15.0 Å². The Balaban J connectivity index is 1.12. The van der Waals surface area contributed by atoms with Crippen molar-refractivity contribution >= 4 is 0 Å². The SMILES string of the molecule is CC1(C)c2ccccc2-c2ccc(-c3nc(-c4ccccc4)nc(-c4cccc5c4Oc4ccc6c(c4O5)-c4ccccc4C6(C)C)n3)cc21. The summed E-state index contributed by atoms with van der Waals surface area (Å²) in [6.45, 7) is 9.11. The molecule has 0 saturated carbocycles. The topological polar surface area (TPSA) is 57.1 Å². The van der Waals surface area contributed by atoms with Crippen molar-refractivity contribution < 1.29 is 9.47 Å². The highest BCUT2D eigenvalue weighted by atomic mass is 16.6. The Hall–Kier alpha value is -6.07. The average molecular weight is 648 g/mol. The smallest absolute Gasteiger partial charge is 0.181 e. The third-order valence-electron chi connectivity index (χ3n) is 10.8. The van der Waals surface area contributed by atoms with Crippen LogP contribution in [-0.2, 0) is 10.8 Å². The van der Waals surface area contributed by atoms with E-state index in [0.717, 1.165) is 28.0 Å². The number of hydrogen-bond donors (Lipinski definition) is 0. The lowest BCUT2D eigenvalue weighted by atomic mass is 9.82. The third kappa shape index (κ3) is 4.04. The molecule has 0 spiro atoms. The molecule has 0 amide bonds. The molecule has 240 valence electrons. The molecule has 2 aliphatic carbocycles. The van der Waals surface area contributed by atoms with Gasteiger partial charge in [0, 0.05) is 27.5 Å². The van der Waals surface area contributed by atoms with Gasteiger partial charge >= 0.3 is 0 Å². The Bertz CT molecular complexity index is 2550. The van der Waals surface area contributed by atoms with Gasteiger partial charge in [0.05, 0.1) is 5.56 Å². The molecule has 6 aromatic carbocycles. The molecule has 7 aromatic rings. The second-order valence-electron chi connectivity index (χ2n) is 14.4. The van der Waals surface area contributed by atoms with Crippen molar-refractivity contribution in [1.29, 1.82) is 0 Å². The van der Waals surface area contributed by atoms with Crippen molar-refractivity contribution in [3.05, 3.63) is 150 Å². The van der Waals surface area contributed by atoms with Crippen molar-refractivity contribution in [2.45, 2.75) is 38.5 Å². The van der Waals surface area contributed by atoms with Crippen LogP contribution in [0.3, 0.4) is 0 Å². The Labute approximate surface area is 291 Å². The van der Waals surface area contributed by atoms with Gasteiger partial charge in [-0.2, -0.15) is 0 Å². The van der Waals surface area contributed by atoms with Gasteiger partial charge in [-0.15, -0.1) is 0 Å². The molecule has 0 saturated heterocycles. The van der Waals surface area contributed by atoms with E-state index in [-0.39, 0.29) is 10.8 Å². The zero-order valence-corrected chi connectivity index (χ0v) is 28.3. The molecule has 0 radical (unpaired) electrons. The fourth-order valence-electron chi connectivity index (χ4n) is 8.21. The normalized spacial score (nSPS) is 15.0. The largest absolute Gasteiger partial charge is 0.449 e. The van der Waals surface area contributed by atoms with Crippen molar-refractivity contribution in [3.63, 3.8) is 0 Å². The fraction of sp³-hybridized carbons (Fsp3) is 0.133. The van der Waals surface area contributed by atoms with Crippen LogP contribution < -0.4 is 9.47 Å². The predicted octanol–water partition coefficient (Wildman–Crippen LogP) is 11.4. The van der Waals surface area contributed by atoms with Gasteiger partial charge in [-0.3, -0.25) is 0 Å². The number of rotatable bonds is 3. The van der Waals surface area contributed by atoms with Crippen molar-refractivity contribution in [2.24, 2.45) is 0 Å².